The third kappa shape index (κ3) is 3.48. The molecule has 4 aromatic rings. The Labute approximate surface area is 177 Å². The zero-order valence-corrected chi connectivity index (χ0v) is 17.0. The molecule has 0 heterocycles. The van der Waals surface area contributed by atoms with Crippen molar-refractivity contribution in [3.63, 3.8) is 0 Å². The van der Waals surface area contributed by atoms with Gasteiger partial charge >= 0.3 is 0 Å². The summed E-state index contributed by atoms with van der Waals surface area (Å²) in [4.78, 5) is 10.5. The van der Waals surface area contributed by atoms with Gasteiger partial charge < -0.3 is 0 Å². The van der Waals surface area contributed by atoms with Crippen LogP contribution in [0.1, 0.15) is 40.7 Å². The summed E-state index contributed by atoms with van der Waals surface area (Å²) in [6.45, 7) is 0. The molecule has 2 aliphatic carbocycles. The molecule has 1 nitrogen and oxygen atoms in total. The molecule has 30 heavy (non-hydrogen) atoms. The minimum atomic E-state index is 0.730. The van der Waals surface area contributed by atoms with E-state index in [0.717, 1.165) is 17.2 Å². The SMILES string of the molecule is C1=CC2=C(CC1)CCc1c2ccc2ccccc12.O=Cc1ccc2ccccc2c1. The molecule has 0 unspecified atom stereocenters. The van der Waals surface area contributed by atoms with E-state index in [4.69, 9.17) is 0 Å². The van der Waals surface area contributed by atoms with Crippen molar-refractivity contribution in [2.75, 3.05) is 0 Å². The van der Waals surface area contributed by atoms with E-state index in [2.05, 4.69) is 48.6 Å². The summed E-state index contributed by atoms with van der Waals surface area (Å²) in [7, 11) is 0. The third-order valence-electron chi connectivity index (χ3n) is 6.20. The van der Waals surface area contributed by atoms with E-state index in [1.807, 2.05) is 42.5 Å². The Bertz CT molecular complexity index is 1310. The molecule has 0 radical (unpaired) electrons. The highest BCUT2D eigenvalue weighted by Gasteiger charge is 2.20. The average Bonchev–Trinajstić information content (AvgIpc) is 2.83. The zero-order chi connectivity index (χ0) is 20.3. The second-order valence-corrected chi connectivity index (χ2v) is 8.00. The van der Waals surface area contributed by atoms with Gasteiger partial charge in [0.2, 0.25) is 0 Å². The van der Waals surface area contributed by atoms with E-state index >= 15 is 0 Å². The van der Waals surface area contributed by atoms with Crippen molar-refractivity contribution in [3.8, 4) is 0 Å². The van der Waals surface area contributed by atoms with Crippen LogP contribution in [0.2, 0.25) is 0 Å². The van der Waals surface area contributed by atoms with Crippen LogP contribution in [0.4, 0.5) is 0 Å². The number of aldehydes is 1. The van der Waals surface area contributed by atoms with Crippen LogP contribution in [-0.2, 0) is 6.42 Å². The Morgan fingerprint density at radius 3 is 2.33 bits per heavy atom. The fourth-order valence-corrected chi connectivity index (χ4v) is 4.67. The summed E-state index contributed by atoms with van der Waals surface area (Å²) >= 11 is 0. The standard InChI is InChI=1S/C18H16.C11H8O/c1-3-7-15-13(5-1)9-11-18-16-8-4-2-6-14(16)10-12-17(15)18;12-8-9-5-6-10-3-1-2-4-11(10)7-9/h1,3-5,7-9,11H,2,6,10,12H2;1-8H. The number of carbonyl (C=O) groups excluding carboxylic acids is 1. The molecule has 2 aliphatic rings. The first-order valence-corrected chi connectivity index (χ1v) is 10.7. The summed E-state index contributed by atoms with van der Waals surface area (Å²) < 4.78 is 0. The monoisotopic (exact) mass is 388 g/mol. The molecule has 6 rings (SSSR count). The molecule has 0 fully saturated rings. The maximum Gasteiger partial charge on any atom is 0.150 e. The van der Waals surface area contributed by atoms with Crippen molar-refractivity contribution < 1.29 is 4.79 Å². The second kappa shape index (κ2) is 8.12. The molecule has 0 spiro atoms. The summed E-state index contributed by atoms with van der Waals surface area (Å²) in [5.74, 6) is 0. The highest BCUT2D eigenvalue weighted by Crippen LogP contribution is 2.39. The van der Waals surface area contributed by atoms with E-state index in [9.17, 15) is 4.79 Å². The fraction of sp³-hybridized carbons (Fsp3) is 0.138. The molecule has 0 bridgehead atoms. The van der Waals surface area contributed by atoms with Gasteiger partial charge in [-0.2, -0.15) is 0 Å². The van der Waals surface area contributed by atoms with E-state index < -0.39 is 0 Å². The highest BCUT2D eigenvalue weighted by atomic mass is 16.1. The van der Waals surface area contributed by atoms with Crippen LogP contribution in [-0.4, -0.2) is 6.29 Å². The molecule has 0 saturated heterocycles. The minimum Gasteiger partial charge on any atom is -0.298 e. The zero-order valence-electron chi connectivity index (χ0n) is 17.0. The van der Waals surface area contributed by atoms with Gasteiger partial charge in [0.15, 0.2) is 0 Å². The van der Waals surface area contributed by atoms with Crippen molar-refractivity contribution in [1.29, 1.82) is 0 Å². The normalized spacial score (nSPS) is 14.7. The number of aryl methyl sites for hydroxylation is 1. The molecule has 1 heteroatoms. The Balaban J connectivity index is 0.000000140. The molecule has 0 amide bonds. The molecule has 0 saturated carbocycles. The van der Waals surface area contributed by atoms with Crippen LogP contribution in [0.5, 0.6) is 0 Å². The first-order chi connectivity index (χ1) is 14.8. The number of benzene rings is 4. The van der Waals surface area contributed by atoms with Gasteiger partial charge in [-0.05, 0) is 70.0 Å². The number of allylic oxidation sites excluding steroid dienone is 4. The van der Waals surface area contributed by atoms with Crippen molar-refractivity contribution in [2.24, 2.45) is 0 Å². The smallest absolute Gasteiger partial charge is 0.150 e. The number of rotatable bonds is 1. The lowest BCUT2D eigenvalue weighted by Crippen LogP contribution is -2.06. The van der Waals surface area contributed by atoms with Gasteiger partial charge in [0.1, 0.15) is 6.29 Å². The number of hydrogen-bond acceptors (Lipinski definition) is 1. The molecule has 4 aromatic carbocycles. The van der Waals surface area contributed by atoms with Gasteiger partial charge in [-0.3, -0.25) is 4.79 Å². The average molecular weight is 389 g/mol. The second-order valence-electron chi connectivity index (χ2n) is 8.00. The van der Waals surface area contributed by atoms with E-state index in [-0.39, 0.29) is 0 Å². The fourth-order valence-electron chi connectivity index (χ4n) is 4.67. The van der Waals surface area contributed by atoms with Gasteiger partial charge in [0, 0.05) is 5.56 Å². The van der Waals surface area contributed by atoms with Crippen LogP contribution in [0, 0.1) is 0 Å². The van der Waals surface area contributed by atoms with Crippen LogP contribution >= 0.6 is 0 Å². The summed E-state index contributed by atoms with van der Waals surface area (Å²) in [5, 5.41) is 5.10. The lowest BCUT2D eigenvalue weighted by atomic mass is 9.80. The van der Waals surface area contributed by atoms with Crippen LogP contribution in [0.3, 0.4) is 0 Å². The first kappa shape index (κ1) is 18.6. The van der Waals surface area contributed by atoms with Crippen molar-refractivity contribution in [1.82, 2.24) is 0 Å². The van der Waals surface area contributed by atoms with Crippen molar-refractivity contribution in [2.45, 2.75) is 25.7 Å². The molecule has 0 aliphatic heterocycles. The predicted octanol–water partition coefficient (Wildman–Crippen LogP) is 7.54. The number of carbonyl (C=O) groups is 1. The summed E-state index contributed by atoms with van der Waals surface area (Å²) in [6, 6.07) is 27.0. The maximum atomic E-state index is 10.5. The van der Waals surface area contributed by atoms with Gasteiger partial charge in [0.25, 0.3) is 0 Å². The van der Waals surface area contributed by atoms with Crippen molar-refractivity contribution in [3.05, 3.63) is 113 Å². The Morgan fingerprint density at radius 2 is 1.47 bits per heavy atom. The molecule has 146 valence electrons. The Morgan fingerprint density at radius 1 is 0.700 bits per heavy atom. The number of hydrogen-bond donors (Lipinski definition) is 0. The topological polar surface area (TPSA) is 17.1 Å². The lowest BCUT2D eigenvalue weighted by Gasteiger charge is -2.25. The predicted molar refractivity (Wildman–Crippen MR) is 127 cm³/mol. The maximum absolute atomic E-state index is 10.5. The first-order valence-electron chi connectivity index (χ1n) is 10.7. The van der Waals surface area contributed by atoms with Gasteiger partial charge in [-0.15, -0.1) is 0 Å². The summed E-state index contributed by atoms with van der Waals surface area (Å²) in [6.07, 6.45) is 10.5. The van der Waals surface area contributed by atoms with Crippen LogP contribution in [0.25, 0.3) is 27.1 Å². The van der Waals surface area contributed by atoms with Gasteiger partial charge in [0.05, 0.1) is 0 Å². The van der Waals surface area contributed by atoms with Crippen molar-refractivity contribution >= 4 is 33.4 Å². The van der Waals surface area contributed by atoms with E-state index in [1.165, 1.54) is 53.0 Å². The lowest BCUT2D eigenvalue weighted by molar-refractivity contribution is 0.112. The van der Waals surface area contributed by atoms with E-state index in [0.29, 0.717) is 0 Å². The van der Waals surface area contributed by atoms with E-state index in [1.54, 1.807) is 11.1 Å². The third-order valence-corrected chi connectivity index (χ3v) is 6.20. The van der Waals surface area contributed by atoms with Crippen LogP contribution < -0.4 is 0 Å². The quantitative estimate of drug-likeness (QED) is 0.308. The molecular formula is C29H24O. The van der Waals surface area contributed by atoms with Gasteiger partial charge in [-0.1, -0.05) is 90.5 Å². The Hall–Kier alpha value is -3.45. The number of fused-ring (bicyclic) bond motifs is 5. The molecular weight excluding hydrogens is 364 g/mol. The highest BCUT2D eigenvalue weighted by molar-refractivity contribution is 5.94. The Kier molecular flexibility index (Phi) is 5.03. The molecule has 0 atom stereocenters. The largest absolute Gasteiger partial charge is 0.298 e. The summed E-state index contributed by atoms with van der Waals surface area (Å²) in [5.41, 5.74) is 6.94. The molecule has 0 N–H and O–H groups in total. The van der Waals surface area contributed by atoms with Crippen LogP contribution in [0.15, 0.2) is 96.6 Å². The minimum absolute atomic E-state index is 0.730. The van der Waals surface area contributed by atoms with Gasteiger partial charge in [-0.25, -0.2) is 0 Å². The molecule has 0 aromatic heterocycles.